The Morgan fingerprint density at radius 1 is 1.16 bits per heavy atom. The number of rotatable bonds is 5. The van der Waals surface area contributed by atoms with Gasteiger partial charge in [-0.1, -0.05) is 24.3 Å². The fourth-order valence-corrected chi connectivity index (χ4v) is 4.60. The third-order valence-corrected chi connectivity index (χ3v) is 6.17. The summed E-state index contributed by atoms with van der Waals surface area (Å²) in [7, 11) is 0. The first-order chi connectivity index (χ1) is 15.6. The Labute approximate surface area is 187 Å². The molecule has 8 nitrogen and oxygen atoms in total. The minimum Gasteiger partial charge on any atom is -0.508 e. The van der Waals surface area contributed by atoms with Crippen molar-refractivity contribution in [2.24, 2.45) is 0 Å². The van der Waals surface area contributed by atoms with Crippen LogP contribution in [0.1, 0.15) is 18.2 Å². The third kappa shape index (κ3) is 4.28. The highest BCUT2D eigenvalue weighted by atomic mass is 16.5. The predicted molar refractivity (Wildman–Crippen MR) is 124 cm³/mol. The van der Waals surface area contributed by atoms with Crippen LogP contribution in [0, 0.1) is 0 Å². The van der Waals surface area contributed by atoms with Crippen molar-refractivity contribution in [1.29, 1.82) is 0 Å². The Hall–Kier alpha value is -3.10. The second-order valence-electron chi connectivity index (χ2n) is 8.52. The lowest BCUT2D eigenvalue weighted by Crippen LogP contribution is -2.41. The van der Waals surface area contributed by atoms with Gasteiger partial charge in [-0.15, -0.1) is 0 Å². The van der Waals surface area contributed by atoms with Crippen molar-refractivity contribution in [2.45, 2.75) is 26.0 Å². The molecule has 0 spiro atoms. The molecule has 1 saturated heterocycles. The molecule has 32 heavy (non-hydrogen) atoms. The van der Waals surface area contributed by atoms with Crippen molar-refractivity contribution in [2.75, 3.05) is 50.0 Å². The van der Waals surface area contributed by atoms with Crippen molar-refractivity contribution >= 4 is 22.3 Å². The first kappa shape index (κ1) is 20.8. The van der Waals surface area contributed by atoms with E-state index in [0.717, 1.165) is 73.5 Å². The van der Waals surface area contributed by atoms with Crippen LogP contribution in [0.15, 0.2) is 36.4 Å². The zero-order valence-corrected chi connectivity index (χ0v) is 18.3. The molecular formula is C24H29N5O3. The van der Waals surface area contributed by atoms with Gasteiger partial charge in [-0.2, -0.15) is 9.97 Å². The summed E-state index contributed by atoms with van der Waals surface area (Å²) in [6, 6.07) is 12.0. The summed E-state index contributed by atoms with van der Waals surface area (Å²) in [6.07, 6.45) is 0.689. The Morgan fingerprint density at radius 2 is 1.97 bits per heavy atom. The van der Waals surface area contributed by atoms with E-state index >= 15 is 0 Å². The number of nitrogen functional groups attached to an aromatic ring is 1. The Bertz CT molecular complexity index is 1120. The number of phenols is 1. The van der Waals surface area contributed by atoms with Crippen molar-refractivity contribution in [3.8, 4) is 11.8 Å². The number of ether oxygens (including phenoxy) is 2. The highest BCUT2D eigenvalue weighted by molar-refractivity contribution is 5.95. The minimum atomic E-state index is -0.0553. The number of phenolic OH excluding ortho intramolecular Hbond substituents is 1. The van der Waals surface area contributed by atoms with E-state index in [4.69, 9.17) is 20.2 Å². The minimum absolute atomic E-state index is 0.0553. The number of nitrogens with zero attached hydrogens (tertiary/aromatic N) is 4. The van der Waals surface area contributed by atoms with E-state index in [0.29, 0.717) is 18.4 Å². The zero-order valence-electron chi connectivity index (χ0n) is 18.3. The lowest BCUT2D eigenvalue weighted by Gasteiger charge is -2.32. The SMILES string of the molecule is C[C@H](CN1CCOCC1)Oc1nc(N)c2c(n1)CN(c1cc(O)cc3ccccc13)CC2. The summed E-state index contributed by atoms with van der Waals surface area (Å²) in [6.45, 7) is 7.53. The van der Waals surface area contributed by atoms with E-state index in [-0.39, 0.29) is 11.9 Å². The lowest BCUT2D eigenvalue weighted by atomic mass is 10.0. The number of aromatic nitrogens is 2. The lowest BCUT2D eigenvalue weighted by molar-refractivity contribution is 0.0206. The summed E-state index contributed by atoms with van der Waals surface area (Å²) < 4.78 is 11.5. The molecular weight excluding hydrogens is 406 g/mol. The summed E-state index contributed by atoms with van der Waals surface area (Å²) in [4.78, 5) is 13.7. The van der Waals surface area contributed by atoms with Gasteiger partial charge in [0, 0.05) is 48.9 Å². The average Bonchev–Trinajstić information content (AvgIpc) is 2.78. The van der Waals surface area contributed by atoms with Crippen molar-refractivity contribution < 1.29 is 14.6 Å². The smallest absolute Gasteiger partial charge is 0.318 e. The molecule has 0 radical (unpaired) electrons. The highest BCUT2D eigenvalue weighted by Crippen LogP contribution is 2.35. The molecule has 8 heteroatoms. The van der Waals surface area contributed by atoms with Gasteiger partial charge >= 0.3 is 6.01 Å². The normalized spacial score (nSPS) is 17.8. The summed E-state index contributed by atoms with van der Waals surface area (Å²) in [5, 5.41) is 12.4. The number of nitrogens with two attached hydrogens (primary N) is 1. The van der Waals surface area contributed by atoms with Gasteiger partial charge in [0.15, 0.2) is 0 Å². The van der Waals surface area contributed by atoms with Gasteiger partial charge in [0.2, 0.25) is 0 Å². The molecule has 0 amide bonds. The Kier molecular flexibility index (Phi) is 5.71. The van der Waals surface area contributed by atoms with Gasteiger partial charge in [-0.3, -0.25) is 4.90 Å². The predicted octanol–water partition coefficient (Wildman–Crippen LogP) is 2.58. The number of morpholine rings is 1. The molecule has 1 fully saturated rings. The van der Waals surface area contributed by atoms with Crippen LogP contribution in [0.4, 0.5) is 11.5 Å². The molecule has 5 rings (SSSR count). The molecule has 3 heterocycles. The number of hydrogen-bond donors (Lipinski definition) is 2. The van der Waals surface area contributed by atoms with Crippen LogP contribution in [0.2, 0.25) is 0 Å². The number of anilines is 2. The summed E-state index contributed by atoms with van der Waals surface area (Å²) >= 11 is 0. The third-order valence-electron chi connectivity index (χ3n) is 6.17. The van der Waals surface area contributed by atoms with Crippen LogP contribution in [-0.2, 0) is 17.7 Å². The molecule has 2 aliphatic heterocycles. The molecule has 0 unspecified atom stereocenters. The maximum atomic E-state index is 10.3. The van der Waals surface area contributed by atoms with Crippen LogP contribution < -0.4 is 15.4 Å². The first-order valence-electron chi connectivity index (χ1n) is 11.2. The molecule has 3 aromatic rings. The highest BCUT2D eigenvalue weighted by Gasteiger charge is 2.24. The van der Waals surface area contributed by atoms with E-state index in [1.54, 1.807) is 6.07 Å². The van der Waals surface area contributed by atoms with Crippen molar-refractivity contribution in [3.05, 3.63) is 47.7 Å². The van der Waals surface area contributed by atoms with Crippen molar-refractivity contribution in [1.82, 2.24) is 14.9 Å². The first-order valence-corrected chi connectivity index (χ1v) is 11.2. The van der Waals surface area contributed by atoms with E-state index < -0.39 is 0 Å². The van der Waals surface area contributed by atoms with Gasteiger partial charge in [0.25, 0.3) is 0 Å². The standard InChI is InChI=1S/C24H29N5O3/c1-16(14-28-8-10-31-11-9-28)32-24-26-21-15-29(7-6-20(21)23(25)27-24)22-13-18(30)12-17-4-2-3-5-19(17)22/h2-5,12-13,16,30H,6-11,14-15H2,1H3,(H2,25,26,27)/t16-/m1/s1. The molecule has 3 N–H and O–H groups in total. The van der Waals surface area contributed by atoms with E-state index in [1.807, 2.05) is 31.2 Å². The van der Waals surface area contributed by atoms with Crippen LogP contribution in [-0.4, -0.2) is 65.5 Å². The van der Waals surface area contributed by atoms with Gasteiger partial charge in [-0.25, -0.2) is 0 Å². The molecule has 0 saturated carbocycles. The molecule has 2 aromatic carbocycles. The molecule has 0 aliphatic carbocycles. The fourth-order valence-electron chi connectivity index (χ4n) is 4.60. The van der Waals surface area contributed by atoms with Crippen molar-refractivity contribution in [3.63, 3.8) is 0 Å². The van der Waals surface area contributed by atoms with E-state index in [9.17, 15) is 5.11 Å². The maximum Gasteiger partial charge on any atom is 0.318 e. The Morgan fingerprint density at radius 3 is 2.81 bits per heavy atom. The van der Waals surface area contributed by atoms with Gasteiger partial charge in [-0.05, 0) is 24.8 Å². The number of benzene rings is 2. The second kappa shape index (κ2) is 8.80. The monoisotopic (exact) mass is 435 g/mol. The second-order valence-corrected chi connectivity index (χ2v) is 8.52. The maximum absolute atomic E-state index is 10.3. The molecule has 1 aromatic heterocycles. The Balaban J connectivity index is 1.37. The van der Waals surface area contributed by atoms with E-state index in [1.165, 1.54) is 0 Å². The zero-order chi connectivity index (χ0) is 22.1. The molecule has 1 atom stereocenters. The van der Waals surface area contributed by atoms with Gasteiger partial charge < -0.3 is 25.2 Å². The van der Waals surface area contributed by atoms with Crippen LogP contribution in [0.25, 0.3) is 10.8 Å². The van der Waals surface area contributed by atoms with Crippen LogP contribution in [0.5, 0.6) is 11.8 Å². The number of hydrogen-bond acceptors (Lipinski definition) is 8. The molecule has 0 bridgehead atoms. The summed E-state index contributed by atoms with van der Waals surface area (Å²) in [5.41, 5.74) is 9.14. The topological polar surface area (TPSA) is 97.0 Å². The van der Waals surface area contributed by atoms with Crippen LogP contribution >= 0.6 is 0 Å². The quantitative estimate of drug-likeness (QED) is 0.631. The average molecular weight is 436 g/mol. The summed E-state index contributed by atoms with van der Waals surface area (Å²) in [5.74, 6) is 0.747. The number of aromatic hydroxyl groups is 1. The van der Waals surface area contributed by atoms with Gasteiger partial charge in [0.1, 0.15) is 17.7 Å². The molecule has 2 aliphatic rings. The van der Waals surface area contributed by atoms with E-state index in [2.05, 4.69) is 20.9 Å². The fraction of sp³-hybridized carbons (Fsp3) is 0.417. The number of fused-ring (bicyclic) bond motifs is 2. The molecule has 168 valence electrons. The van der Waals surface area contributed by atoms with Crippen LogP contribution in [0.3, 0.4) is 0 Å². The largest absolute Gasteiger partial charge is 0.508 e. The van der Waals surface area contributed by atoms with Gasteiger partial charge in [0.05, 0.1) is 25.5 Å².